The van der Waals surface area contributed by atoms with Crippen LogP contribution in [0.2, 0.25) is 0 Å². The molecule has 0 amide bonds. The summed E-state index contributed by atoms with van der Waals surface area (Å²) in [6, 6.07) is 0. The SMILES string of the molecule is CN=C(C[N+](=O)[O-])NCCSCc1csc(N)n1. The molecule has 0 aromatic carbocycles. The number of aromatic nitrogens is 1. The molecule has 1 heterocycles. The van der Waals surface area contributed by atoms with Gasteiger partial charge in [-0.15, -0.1) is 11.3 Å². The summed E-state index contributed by atoms with van der Waals surface area (Å²) in [5, 5.41) is 15.8. The van der Waals surface area contributed by atoms with Crippen LogP contribution in [0.5, 0.6) is 0 Å². The van der Waals surface area contributed by atoms with E-state index in [2.05, 4.69) is 15.3 Å². The predicted octanol–water partition coefficient (Wildman–Crippen LogP) is 0.853. The van der Waals surface area contributed by atoms with Crippen LogP contribution in [0.1, 0.15) is 5.69 Å². The standard InChI is InChI=1S/C9H15N5O2S2/c1-11-8(4-14(15)16)12-2-3-17-5-7-6-18-9(10)13-7/h6H,2-5H2,1H3,(H2,10,13)(H,11,12). The minimum Gasteiger partial charge on any atom is -0.375 e. The number of aliphatic imine (C=N–C) groups is 1. The average Bonchev–Trinajstić information content (AvgIpc) is 2.72. The number of nitrogens with two attached hydrogens (primary N) is 1. The van der Waals surface area contributed by atoms with Crippen LogP contribution in [0.25, 0.3) is 0 Å². The van der Waals surface area contributed by atoms with Gasteiger partial charge in [0.2, 0.25) is 0 Å². The lowest BCUT2D eigenvalue weighted by Crippen LogP contribution is -2.31. The maximum absolute atomic E-state index is 10.3. The van der Waals surface area contributed by atoms with Gasteiger partial charge in [-0.2, -0.15) is 11.8 Å². The van der Waals surface area contributed by atoms with Gasteiger partial charge in [-0.25, -0.2) is 4.98 Å². The van der Waals surface area contributed by atoms with E-state index in [1.54, 1.807) is 11.8 Å². The Balaban J connectivity index is 2.13. The second-order valence-corrected chi connectivity index (χ2v) is 5.31. The van der Waals surface area contributed by atoms with Gasteiger partial charge in [0.15, 0.2) is 11.0 Å². The minimum absolute atomic E-state index is 0.260. The van der Waals surface area contributed by atoms with Crippen LogP contribution in [0.15, 0.2) is 10.4 Å². The highest BCUT2D eigenvalue weighted by Crippen LogP contribution is 2.16. The summed E-state index contributed by atoms with van der Waals surface area (Å²) in [4.78, 5) is 17.9. The van der Waals surface area contributed by atoms with Crippen LogP contribution in [0, 0.1) is 10.1 Å². The van der Waals surface area contributed by atoms with Crippen LogP contribution in [-0.4, -0.2) is 41.6 Å². The first-order valence-corrected chi connectivity index (χ1v) is 7.24. The van der Waals surface area contributed by atoms with E-state index in [-0.39, 0.29) is 6.54 Å². The molecule has 18 heavy (non-hydrogen) atoms. The summed E-state index contributed by atoms with van der Waals surface area (Å²) < 4.78 is 0. The van der Waals surface area contributed by atoms with Crippen LogP contribution >= 0.6 is 23.1 Å². The van der Waals surface area contributed by atoms with E-state index in [4.69, 9.17) is 5.73 Å². The first-order chi connectivity index (χ1) is 8.61. The van der Waals surface area contributed by atoms with Crippen molar-refractivity contribution in [2.75, 3.05) is 31.6 Å². The molecule has 1 aromatic heterocycles. The molecule has 0 saturated heterocycles. The topological polar surface area (TPSA) is 106 Å². The van der Waals surface area contributed by atoms with Crippen molar-refractivity contribution < 1.29 is 4.92 Å². The molecule has 0 spiro atoms. The Bertz CT molecular complexity index is 421. The molecule has 0 radical (unpaired) electrons. The number of amidine groups is 1. The molecule has 3 N–H and O–H groups in total. The number of nitrogens with zero attached hydrogens (tertiary/aromatic N) is 3. The number of rotatable bonds is 7. The van der Waals surface area contributed by atoms with Crippen molar-refractivity contribution in [3.8, 4) is 0 Å². The maximum atomic E-state index is 10.3. The van der Waals surface area contributed by atoms with Gasteiger partial charge in [0, 0.05) is 35.4 Å². The van der Waals surface area contributed by atoms with E-state index in [9.17, 15) is 10.1 Å². The van der Waals surface area contributed by atoms with E-state index in [1.165, 1.54) is 18.4 Å². The van der Waals surface area contributed by atoms with Crippen molar-refractivity contribution >= 4 is 34.1 Å². The number of hydrogen-bond acceptors (Lipinski definition) is 7. The molecule has 0 unspecified atom stereocenters. The lowest BCUT2D eigenvalue weighted by Gasteiger charge is -2.05. The second kappa shape index (κ2) is 7.88. The van der Waals surface area contributed by atoms with Crippen LogP contribution < -0.4 is 11.1 Å². The van der Waals surface area contributed by atoms with Gasteiger partial charge < -0.3 is 11.1 Å². The number of thioether (sulfide) groups is 1. The van der Waals surface area contributed by atoms with E-state index in [1.807, 2.05) is 5.38 Å². The van der Waals surface area contributed by atoms with Gasteiger partial charge in [-0.3, -0.25) is 15.1 Å². The number of nitrogens with one attached hydrogen (secondary N) is 1. The Morgan fingerprint density at radius 3 is 3.11 bits per heavy atom. The zero-order valence-corrected chi connectivity index (χ0v) is 11.6. The predicted molar refractivity (Wildman–Crippen MR) is 75.9 cm³/mol. The molecule has 9 heteroatoms. The van der Waals surface area contributed by atoms with Gasteiger partial charge in [0.25, 0.3) is 6.54 Å². The summed E-state index contributed by atoms with van der Waals surface area (Å²) in [6.07, 6.45) is 0. The molecule has 0 saturated carbocycles. The molecule has 0 aliphatic rings. The van der Waals surface area contributed by atoms with Crippen molar-refractivity contribution in [2.45, 2.75) is 5.75 Å². The Kier molecular flexibility index (Phi) is 6.44. The molecule has 0 aliphatic heterocycles. The van der Waals surface area contributed by atoms with Crippen LogP contribution in [-0.2, 0) is 5.75 Å². The monoisotopic (exact) mass is 289 g/mol. The molecule has 1 aromatic rings. The highest BCUT2D eigenvalue weighted by molar-refractivity contribution is 7.98. The molecule has 0 aliphatic carbocycles. The number of nitro groups is 1. The van der Waals surface area contributed by atoms with Crippen molar-refractivity contribution in [3.05, 3.63) is 21.2 Å². The average molecular weight is 289 g/mol. The maximum Gasteiger partial charge on any atom is 0.259 e. The summed E-state index contributed by atoms with van der Waals surface area (Å²) in [7, 11) is 1.54. The summed E-state index contributed by atoms with van der Waals surface area (Å²) in [5.74, 6) is 2.02. The number of anilines is 1. The van der Waals surface area contributed by atoms with Crippen molar-refractivity contribution in [2.24, 2.45) is 4.99 Å². The third-order valence-corrected chi connectivity index (χ3v) is 3.66. The van der Waals surface area contributed by atoms with Gasteiger partial charge in [-0.05, 0) is 0 Å². The fourth-order valence-electron chi connectivity index (χ4n) is 1.16. The van der Waals surface area contributed by atoms with E-state index >= 15 is 0 Å². The van der Waals surface area contributed by atoms with Gasteiger partial charge >= 0.3 is 0 Å². The van der Waals surface area contributed by atoms with Gasteiger partial charge in [0.05, 0.1) is 5.69 Å². The second-order valence-electron chi connectivity index (χ2n) is 3.32. The third-order valence-electron chi connectivity index (χ3n) is 1.94. The van der Waals surface area contributed by atoms with E-state index < -0.39 is 4.92 Å². The smallest absolute Gasteiger partial charge is 0.259 e. The molecule has 0 atom stereocenters. The molecule has 0 fully saturated rings. The lowest BCUT2D eigenvalue weighted by atomic mass is 10.5. The lowest BCUT2D eigenvalue weighted by molar-refractivity contribution is -0.463. The number of hydrogen-bond donors (Lipinski definition) is 2. The fourth-order valence-corrected chi connectivity index (χ4v) is 2.58. The van der Waals surface area contributed by atoms with Crippen LogP contribution in [0.3, 0.4) is 0 Å². The number of thiazole rings is 1. The molecular weight excluding hydrogens is 274 g/mol. The quantitative estimate of drug-likeness (QED) is 0.253. The Hall–Kier alpha value is -1.35. The highest BCUT2D eigenvalue weighted by Gasteiger charge is 2.05. The zero-order chi connectivity index (χ0) is 13.4. The Morgan fingerprint density at radius 2 is 2.56 bits per heavy atom. The number of nitrogen functional groups attached to an aromatic ring is 1. The third kappa shape index (κ3) is 5.82. The first kappa shape index (κ1) is 14.7. The minimum atomic E-state index is -0.402. The van der Waals surface area contributed by atoms with Gasteiger partial charge in [0.1, 0.15) is 0 Å². The Morgan fingerprint density at radius 1 is 1.78 bits per heavy atom. The fraction of sp³-hybridized carbons (Fsp3) is 0.556. The van der Waals surface area contributed by atoms with Gasteiger partial charge in [-0.1, -0.05) is 0 Å². The van der Waals surface area contributed by atoms with Crippen molar-refractivity contribution in [1.29, 1.82) is 0 Å². The molecule has 1 rings (SSSR count). The largest absolute Gasteiger partial charge is 0.375 e. The molecule has 7 nitrogen and oxygen atoms in total. The van der Waals surface area contributed by atoms with Crippen molar-refractivity contribution in [1.82, 2.24) is 10.3 Å². The summed E-state index contributed by atoms with van der Waals surface area (Å²) in [5.41, 5.74) is 6.49. The summed E-state index contributed by atoms with van der Waals surface area (Å²) in [6.45, 7) is 0.384. The summed E-state index contributed by atoms with van der Waals surface area (Å²) >= 11 is 3.12. The van der Waals surface area contributed by atoms with Crippen molar-refractivity contribution in [3.63, 3.8) is 0 Å². The Labute approximate surface area is 113 Å². The highest BCUT2D eigenvalue weighted by atomic mass is 32.2. The van der Waals surface area contributed by atoms with Crippen LogP contribution in [0.4, 0.5) is 5.13 Å². The first-order valence-electron chi connectivity index (χ1n) is 5.20. The molecule has 0 bridgehead atoms. The van der Waals surface area contributed by atoms with E-state index in [0.29, 0.717) is 17.5 Å². The normalized spacial score (nSPS) is 11.5. The molecular formula is C9H15N5O2S2. The van der Waals surface area contributed by atoms with E-state index in [0.717, 1.165) is 17.2 Å². The zero-order valence-electron chi connectivity index (χ0n) is 9.96. The molecule has 100 valence electrons.